The van der Waals surface area contributed by atoms with Crippen molar-refractivity contribution in [3.63, 3.8) is 0 Å². The summed E-state index contributed by atoms with van der Waals surface area (Å²) in [7, 11) is 0. The van der Waals surface area contributed by atoms with Crippen LogP contribution in [-0.4, -0.2) is 5.66 Å². The summed E-state index contributed by atoms with van der Waals surface area (Å²) in [5, 5.41) is 0. The van der Waals surface area contributed by atoms with E-state index in [0.717, 1.165) is 24.2 Å². The molecule has 3 fully saturated rings. The SMILES string of the molecule is NC1(N)CCCC2C3CCCCC3CCC21. The Kier molecular flexibility index (Phi) is 2.75. The Labute approximate surface area is 99.1 Å². The maximum Gasteiger partial charge on any atom is 0.0668 e. The van der Waals surface area contributed by atoms with Crippen LogP contribution in [0.5, 0.6) is 0 Å². The van der Waals surface area contributed by atoms with Crippen LogP contribution in [0.2, 0.25) is 0 Å². The molecule has 4 atom stereocenters. The summed E-state index contributed by atoms with van der Waals surface area (Å²) in [6.07, 6.45) is 12.3. The molecule has 16 heavy (non-hydrogen) atoms. The molecule has 0 radical (unpaired) electrons. The molecule has 4 N–H and O–H groups in total. The second-order valence-electron chi connectivity index (χ2n) is 6.56. The van der Waals surface area contributed by atoms with Gasteiger partial charge in [-0.05, 0) is 62.2 Å². The molecule has 4 unspecified atom stereocenters. The molecule has 0 bridgehead atoms. The first kappa shape index (κ1) is 11.0. The van der Waals surface area contributed by atoms with E-state index in [9.17, 15) is 0 Å². The molecule has 0 aromatic rings. The van der Waals surface area contributed by atoms with Crippen LogP contribution in [0, 0.1) is 23.7 Å². The van der Waals surface area contributed by atoms with Crippen molar-refractivity contribution in [2.75, 3.05) is 0 Å². The zero-order valence-electron chi connectivity index (χ0n) is 10.3. The number of rotatable bonds is 0. The van der Waals surface area contributed by atoms with E-state index in [4.69, 9.17) is 11.5 Å². The van der Waals surface area contributed by atoms with Crippen LogP contribution < -0.4 is 11.5 Å². The molecule has 3 rings (SSSR count). The summed E-state index contributed by atoms with van der Waals surface area (Å²) in [5.41, 5.74) is 12.3. The van der Waals surface area contributed by atoms with Crippen LogP contribution in [0.4, 0.5) is 0 Å². The molecule has 0 saturated heterocycles. The fourth-order valence-corrected chi connectivity index (χ4v) is 4.98. The van der Waals surface area contributed by atoms with Gasteiger partial charge in [0.25, 0.3) is 0 Å². The van der Waals surface area contributed by atoms with Gasteiger partial charge in [0, 0.05) is 0 Å². The average molecular weight is 222 g/mol. The molecule has 0 aliphatic heterocycles. The minimum atomic E-state index is -0.342. The minimum absolute atomic E-state index is 0.342. The molecule has 3 aliphatic rings. The van der Waals surface area contributed by atoms with Gasteiger partial charge >= 0.3 is 0 Å². The molecular formula is C14H26N2. The lowest BCUT2D eigenvalue weighted by Gasteiger charge is -2.53. The molecular weight excluding hydrogens is 196 g/mol. The van der Waals surface area contributed by atoms with E-state index in [1.165, 1.54) is 51.4 Å². The first-order valence-electron chi connectivity index (χ1n) is 7.26. The molecule has 0 heterocycles. The van der Waals surface area contributed by atoms with Gasteiger partial charge in [0.15, 0.2) is 0 Å². The summed E-state index contributed by atoms with van der Waals surface area (Å²) >= 11 is 0. The summed E-state index contributed by atoms with van der Waals surface area (Å²) in [6, 6.07) is 0. The third-order valence-electron chi connectivity index (χ3n) is 5.72. The third kappa shape index (κ3) is 1.70. The topological polar surface area (TPSA) is 52.0 Å². The smallest absolute Gasteiger partial charge is 0.0668 e. The van der Waals surface area contributed by atoms with Gasteiger partial charge in [-0.25, -0.2) is 0 Å². The lowest BCUT2D eigenvalue weighted by molar-refractivity contribution is -0.0141. The van der Waals surface area contributed by atoms with Crippen molar-refractivity contribution in [1.29, 1.82) is 0 Å². The summed E-state index contributed by atoms with van der Waals surface area (Å²) in [6.45, 7) is 0. The van der Waals surface area contributed by atoms with Crippen molar-refractivity contribution < 1.29 is 0 Å². The molecule has 0 aromatic carbocycles. The first-order chi connectivity index (χ1) is 7.68. The molecule has 0 aromatic heterocycles. The van der Waals surface area contributed by atoms with Crippen LogP contribution in [0.25, 0.3) is 0 Å². The van der Waals surface area contributed by atoms with Gasteiger partial charge < -0.3 is 11.5 Å². The zero-order chi connectivity index (χ0) is 11.2. The maximum absolute atomic E-state index is 6.33. The number of fused-ring (bicyclic) bond motifs is 3. The zero-order valence-corrected chi connectivity index (χ0v) is 10.3. The highest BCUT2D eigenvalue weighted by molar-refractivity contribution is 5.00. The highest BCUT2D eigenvalue weighted by Crippen LogP contribution is 2.52. The Morgan fingerprint density at radius 3 is 2.38 bits per heavy atom. The van der Waals surface area contributed by atoms with E-state index in [-0.39, 0.29) is 5.66 Å². The van der Waals surface area contributed by atoms with Crippen LogP contribution in [0.3, 0.4) is 0 Å². The Bertz CT molecular complexity index is 261. The first-order valence-corrected chi connectivity index (χ1v) is 7.26. The molecule has 2 heteroatoms. The fourth-order valence-electron chi connectivity index (χ4n) is 4.98. The molecule has 3 saturated carbocycles. The molecule has 3 aliphatic carbocycles. The summed E-state index contributed by atoms with van der Waals surface area (Å²) in [4.78, 5) is 0. The van der Waals surface area contributed by atoms with E-state index in [1.807, 2.05) is 0 Å². The minimum Gasteiger partial charge on any atom is -0.313 e. The lowest BCUT2D eigenvalue weighted by Crippen LogP contribution is -2.62. The van der Waals surface area contributed by atoms with E-state index in [1.54, 1.807) is 0 Å². The quantitative estimate of drug-likeness (QED) is 0.619. The third-order valence-corrected chi connectivity index (χ3v) is 5.72. The fraction of sp³-hybridized carbons (Fsp3) is 1.00. The van der Waals surface area contributed by atoms with Crippen molar-refractivity contribution >= 4 is 0 Å². The highest BCUT2D eigenvalue weighted by Gasteiger charge is 2.48. The van der Waals surface area contributed by atoms with Gasteiger partial charge in [-0.1, -0.05) is 19.3 Å². The number of nitrogens with two attached hydrogens (primary N) is 2. The summed E-state index contributed by atoms with van der Waals surface area (Å²) < 4.78 is 0. The normalized spacial score (nSPS) is 46.9. The van der Waals surface area contributed by atoms with Crippen molar-refractivity contribution in [3.05, 3.63) is 0 Å². The van der Waals surface area contributed by atoms with Crippen molar-refractivity contribution in [3.8, 4) is 0 Å². The van der Waals surface area contributed by atoms with Crippen LogP contribution in [-0.2, 0) is 0 Å². The maximum atomic E-state index is 6.33. The molecule has 0 spiro atoms. The second-order valence-corrected chi connectivity index (χ2v) is 6.56. The predicted molar refractivity (Wildman–Crippen MR) is 66.6 cm³/mol. The second kappa shape index (κ2) is 3.99. The standard InChI is InChI=1S/C14H26N2/c15-14(16)9-3-6-12-11-5-2-1-4-10(11)7-8-13(12)14/h10-13H,1-9,15-16H2. The van der Waals surface area contributed by atoms with Crippen molar-refractivity contribution in [2.24, 2.45) is 35.1 Å². The van der Waals surface area contributed by atoms with E-state index in [0.29, 0.717) is 5.92 Å². The highest BCUT2D eigenvalue weighted by atomic mass is 15.0. The molecule has 0 amide bonds. The predicted octanol–water partition coefficient (Wildman–Crippen LogP) is 2.62. The molecule has 2 nitrogen and oxygen atoms in total. The molecule has 92 valence electrons. The largest absolute Gasteiger partial charge is 0.313 e. The Morgan fingerprint density at radius 2 is 1.50 bits per heavy atom. The van der Waals surface area contributed by atoms with Crippen molar-refractivity contribution in [2.45, 2.75) is 63.5 Å². The number of hydrogen-bond acceptors (Lipinski definition) is 2. The van der Waals surface area contributed by atoms with Gasteiger partial charge in [-0.3, -0.25) is 0 Å². The Balaban J connectivity index is 1.81. The lowest BCUT2D eigenvalue weighted by atomic mass is 9.55. The van der Waals surface area contributed by atoms with Gasteiger partial charge in [0.2, 0.25) is 0 Å². The van der Waals surface area contributed by atoms with E-state index < -0.39 is 0 Å². The van der Waals surface area contributed by atoms with Crippen molar-refractivity contribution in [1.82, 2.24) is 0 Å². The Morgan fingerprint density at radius 1 is 0.750 bits per heavy atom. The average Bonchev–Trinajstić information content (AvgIpc) is 2.28. The monoisotopic (exact) mass is 222 g/mol. The van der Waals surface area contributed by atoms with E-state index in [2.05, 4.69) is 0 Å². The Hall–Kier alpha value is -0.0800. The van der Waals surface area contributed by atoms with E-state index >= 15 is 0 Å². The van der Waals surface area contributed by atoms with Crippen LogP contribution >= 0.6 is 0 Å². The van der Waals surface area contributed by atoms with Gasteiger partial charge in [-0.15, -0.1) is 0 Å². The van der Waals surface area contributed by atoms with Gasteiger partial charge in [-0.2, -0.15) is 0 Å². The van der Waals surface area contributed by atoms with Gasteiger partial charge in [0.05, 0.1) is 5.66 Å². The summed E-state index contributed by atoms with van der Waals surface area (Å²) in [5.74, 6) is 3.48. The van der Waals surface area contributed by atoms with Crippen LogP contribution in [0.1, 0.15) is 57.8 Å². The number of hydrogen-bond donors (Lipinski definition) is 2. The van der Waals surface area contributed by atoms with Crippen LogP contribution in [0.15, 0.2) is 0 Å². The van der Waals surface area contributed by atoms with Gasteiger partial charge in [0.1, 0.15) is 0 Å².